The van der Waals surface area contributed by atoms with Crippen molar-refractivity contribution in [2.75, 3.05) is 0 Å². The lowest BCUT2D eigenvalue weighted by molar-refractivity contribution is 0.0508. The molecule has 21 heavy (non-hydrogen) atoms. The summed E-state index contributed by atoms with van der Waals surface area (Å²) in [7, 11) is 0. The van der Waals surface area contributed by atoms with Gasteiger partial charge in [-0.2, -0.15) is 0 Å². The molecule has 4 nitrogen and oxygen atoms in total. The molecule has 4 heteroatoms. The molecule has 0 aliphatic carbocycles. The average molecular weight is 288 g/mol. The summed E-state index contributed by atoms with van der Waals surface area (Å²) < 4.78 is 5.27. The third-order valence-corrected chi connectivity index (χ3v) is 3.21. The van der Waals surface area contributed by atoms with Crippen molar-refractivity contribution in [2.24, 2.45) is 0 Å². The molecule has 0 fully saturated rings. The van der Waals surface area contributed by atoms with E-state index in [2.05, 4.69) is 35.4 Å². The SMILES string of the molecule is Cc1ccc2c(C[C@@H](C)NC(=O)OC(C)(C)C)c[nH]c2c1. The minimum absolute atomic E-state index is 0.0140. The van der Waals surface area contributed by atoms with E-state index in [0.717, 1.165) is 11.9 Å². The van der Waals surface area contributed by atoms with Crippen molar-refractivity contribution in [1.82, 2.24) is 10.3 Å². The van der Waals surface area contributed by atoms with Gasteiger partial charge in [-0.1, -0.05) is 12.1 Å². The zero-order chi connectivity index (χ0) is 15.6. The summed E-state index contributed by atoms with van der Waals surface area (Å²) in [5.74, 6) is 0. The van der Waals surface area contributed by atoms with Gasteiger partial charge in [-0.05, 0) is 58.2 Å². The number of carbonyl (C=O) groups excluding carboxylic acids is 1. The van der Waals surface area contributed by atoms with Gasteiger partial charge in [0.15, 0.2) is 0 Å². The molecule has 0 aliphatic heterocycles. The molecule has 0 radical (unpaired) electrons. The Hall–Kier alpha value is -1.97. The number of ether oxygens (including phenoxy) is 1. The number of alkyl carbamates (subject to hydrolysis) is 1. The molecular formula is C17H24N2O2. The second-order valence-corrected chi connectivity index (χ2v) is 6.61. The summed E-state index contributed by atoms with van der Waals surface area (Å²) in [6.45, 7) is 9.64. The molecule has 2 N–H and O–H groups in total. The Morgan fingerprint density at radius 3 is 2.76 bits per heavy atom. The third kappa shape index (κ3) is 4.25. The van der Waals surface area contributed by atoms with Crippen molar-refractivity contribution in [1.29, 1.82) is 0 Å². The number of hydrogen-bond acceptors (Lipinski definition) is 2. The molecule has 2 aromatic rings. The van der Waals surface area contributed by atoms with Crippen LogP contribution in [0.25, 0.3) is 10.9 Å². The van der Waals surface area contributed by atoms with Crippen molar-refractivity contribution in [2.45, 2.75) is 52.7 Å². The zero-order valence-electron chi connectivity index (χ0n) is 13.4. The largest absolute Gasteiger partial charge is 0.444 e. The quantitative estimate of drug-likeness (QED) is 0.899. The standard InChI is InChI=1S/C17H24N2O2/c1-11-6-7-14-13(10-18-15(14)8-11)9-12(2)19-16(20)21-17(3,4)5/h6-8,10,12,18H,9H2,1-5H3,(H,19,20)/t12-/m1/s1. The van der Waals surface area contributed by atoms with Crippen molar-refractivity contribution in [3.63, 3.8) is 0 Å². The first-order chi connectivity index (χ1) is 9.74. The molecule has 0 saturated carbocycles. The number of benzene rings is 1. The van der Waals surface area contributed by atoms with Gasteiger partial charge in [0.1, 0.15) is 5.60 Å². The second kappa shape index (κ2) is 5.80. The zero-order valence-corrected chi connectivity index (χ0v) is 13.4. The van der Waals surface area contributed by atoms with Gasteiger partial charge in [-0.15, -0.1) is 0 Å². The highest BCUT2D eigenvalue weighted by molar-refractivity contribution is 5.83. The first-order valence-corrected chi connectivity index (χ1v) is 7.31. The summed E-state index contributed by atoms with van der Waals surface area (Å²) in [4.78, 5) is 15.0. The number of hydrogen-bond donors (Lipinski definition) is 2. The van der Waals surface area contributed by atoms with Gasteiger partial charge in [0.25, 0.3) is 0 Å². The topological polar surface area (TPSA) is 54.1 Å². The second-order valence-electron chi connectivity index (χ2n) is 6.61. The van der Waals surface area contributed by atoms with E-state index >= 15 is 0 Å². The number of H-pyrrole nitrogens is 1. The number of rotatable bonds is 3. The Labute approximate surface area is 125 Å². The van der Waals surface area contributed by atoms with E-state index in [4.69, 9.17) is 4.74 Å². The molecule has 1 heterocycles. The van der Waals surface area contributed by atoms with Crippen molar-refractivity contribution < 1.29 is 9.53 Å². The number of amides is 1. The number of aromatic nitrogens is 1. The van der Waals surface area contributed by atoms with Crippen LogP contribution in [-0.4, -0.2) is 22.7 Å². The van der Waals surface area contributed by atoms with Crippen molar-refractivity contribution in [3.05, 3.63) is 35.5 Å². The van der Waals surface area contributed by atoms with Gasteiger partial charge in [-0.25, -0.2) is 4.79 Å². The maximum atomic E-state index is 11.8. The van der Waals surface area contributed by atoms with E-state index in [9.17, 15) is 4.79 Å². The van der Waals surface area contributed by atoms with E-state index in [-0.39, 0.29) is 12.1 Å². The van der Waals surface area contributed by atoms with Crippen LogP contribution in [0, 0.1) is 6.92 Å². The number of nitrogens with one attached hydrogen (secondary N) is 2. The average Bonchev–Trinajstić information content (AvgIpc) is 2.68. The Kier molecular flexibility index (Phi) is 4.26. The van der Waals surface area contributed by atoms with Crippen LogP contribution in [0.1, 0.15) is 38.8 Å². The fourth-order valence-electron chi connectivity index (χ4n) is 2.36. The number of carbonyl (C=O) groups is 1. The first kappa shape index (κ1) is 15.4. The fourth-order valence-corrected chi connectivity index (χ4v) is 2.36. The van der Waals surface area contributed by atoms with Crippen LogP contribution in [0.5, 0.6) is 0 Å². The van der Waals surface area contributed by atoms with Crippen LogP contribution in [0.15, 0.2) is 24.4 Å². The highest BCUT2D eigenvalue weighted by Crippen LogP contribution is 2.20. The minimum atomic E-state index is -0.470. The molecule has 1 atom stereocenters. The van der Waals surface area contributed by atoms with Gasteiger partial charge >= 0.3 is 6.09 Å². The molecule has 114 valence electrons. The fraction of sp³-hybridized carbons (Fsp3) is 0.471. The predicted octanol–water partition coefficient (Wildman–Crippen LogP) is 3.93. The molecule has 0 aliphatic rings. The lowest BCUT2D eigenvalue weighted by atomic mass is 10.1. The molecule has 1 aromatic heterocycles. The highest BCUT2D eigenvalue weighted by atomic mass is 16.6. The number of aryl methyl sites for hydroxylation is 1. The summed E-state index contributed by atoms with van der Waals surface area (Å²) in [6, 6.07) is 6.37. The maximum absolute atomic E-state index is 11.8. The highest BCUT2D eigenvalue weighted by Gasteiger charge is 2.18. The Balaban J connectivity index is 2.01. The van der Waals surface area contributed by atoms with Gasteiger partial charge in [0.05, 0.1) is 0 Å². The Morgan fingerprint density at radius 2 is 2.10 bits per heavy atom. The van der Waals surface area contributed by atoms with Crippen LogP contribution >= 0.6 is 0 Å². The molecule has 1 aromatic carbocycles. The third-order valence-electron chi connectivity index (χ3n) is 3.21. The number of aromatic amines is 1. The molecule has 0 unspecified atom stereocenters. The smallest absolute Gasteiger partial charge is 0.407 e. The van der Waals surface area contributed by atoms with E-state index in [1.165, 1.54) is 16.5 Å². The summed E-state index contributed by atoms with van der Waals surface area (Å²) in [6.07, 6.45) is 2.41. The minimum Gasteiger partial charge on any atom is -0.444 e. The maximum Gasteiger partial charge on any atom is 0.407 e. The van der Waals surface area contributed by atoms with E-state index in [1.807, 2.05) is 33.9 Å². The van der Waals surface area contributed by atoms with Gasteiger partial charge < -0.3 is 15.0 Å². The molecule has 0 bridgehead atoms. The van der Waals surface area contributed by atoms with Crippen molar-refractivity contribution in [3.8, 4) is 0 Å². The van der Waals surface area contributed by atoms with Gasteiger partial charge in [0.2, 0.25) is 0 Å². The lowest BCUT2D eigenvalue weighted by Crippen LogP contribution is -2.38. The molecular weight excluding hydrogens is 264 g/mol. The van der Waals surface area contributed by atoms with Crippen LogP contribution in [0.4, 0.5) is 4.79 Å². The Morgan fingerprint density at radius 1 is 1.38 bits per heavy atom. The molecule has 0 saturated heterocycles. The first-order valence-electron chi connectivity index (χ1n) is 7.31. The monoisotopic (exact) mass is 288 g/mol. The summed E-state index contributed by atoms with van der Waals surface area (Å²) in [5.41, 5.74) is 3.10. The molecule has 1 amide bonds. The molecule has 0 spiro atoms. The molecule has 2 rings (SSSR count). The van der Waals surface area contributed by atoms with E-state index in [1.54, 1.807) is 0 Å². The summed E-state index contributed by atoms with van der Waals surface area (Å²) in [5, 5.41) is 4.08. The van der Waals surface area contributed by atoms with Crippen LogP contribution < -0.4 is 5.32 Å². The van der Waals surface area contributed by atoms with E-state index < -0.39 is 5.60 Å². The van der Waals surface area contributed by atoms with Gasteiger partial charge in [0, 0.05) is 23.1 Å². The predicted molar refractivity (Wildman–Crippen MR) is 85.6 cm³/mol. The van der Waals surface area contributed by atoms with Crippen molar-refractivity contribution >= 4 is 17.0 Å². The lowest BCUT2D eigenvalue weighted by Gasteiger charge is -2.21. The van der Waals surface area contributed by atoms with Crippen LogP contribution in [0.3, 0.4) is 0 Å². The Bertz CT molecular complexity index is 638. The van der Waals surface area contributed by atoms with Crippen LogP contribution in [-0.2, 0) is 11.2 Å². The van der Waals surface area contributed by atoms with E-state index in [0.29, 0.717) is 0 Å². The number of fused-ring (bicyclic) bond motifs is 1. The summed E-state index contributed by atoms with van der Waals surface area (Å²) >= 11 is 0. The van der Waals surface area contributed by atoms with Gasteiger partial charge in [-0.3, -0.25) is 0 Å². The normalized spacial score (nSPS) is 13.2. The van der Waals surface area contributed by atoms with Crippen LogP contribution in [0.2, 0.25) is 0 Å².